The Hall–Kier alpha value is -0.770. The van der Waals surface area contributed by atoms with Crippen LogP contribution in [0.1, 0.15) is 53.4 Å². The number of carbonyl (C=O) groups excluding carboxylic acids is 1. The van der Waals surface area contributed by atoms with Crippen molar-refractivity contribution in [1.29, 1.82) is 0 Å². The van der Waals surface area contributed by atoms with Gasteiger partial charge in [0.1, 0.15) is 0 Å². The summed E-state index contributed by atoms with van der Waals surface area (Å²) >= 11 is 0. The summed E-state index contributed by atoms with van der Waals surface area (Å²) in [7, 11) is 0. The van der Waals surface area contributed by atoms with Crippen LogP contribution in [0.4, 0.5) is 4.79 Å². The number of carbonyl (C=O) groups is 1. The van der Waals surface area contributed by atoms with E-state index in [9.17, 15) is 4.79 Å². The molecule has 4 heteroatoms. The fourth-order valence-corrected chi connectivity index (χ4v) is 2.51. The van der Waals surface area contributed by atoms with Crippen molar-refractivity contribution in [2.45, 2.75) is 65.5 Å². The highest BCUT2D eigenvalue weighted by Gasteiger charge is 2.24. The van der Waals surface area contributed by atoms with E-state index in [1.807, 2.05) is 11.8 Å². The van der Waals surface area contributed by atoms with Crippen LogP contribution in [0.3, 0.4) is 0 Å². The smallest absolute Gasteiger partial charge is 0.409 e. The van der Waals surface area contributed by atoms with Crippen LogP contribution in [0.15, 0.2) is 0 Å². The molecule has 0 spiro atoms. The second kappa shape index (κ2) is 8.41. The molecule has 0 aromatic heterocycles. The van der Waals surface area contributed by atoms with Crippen LogP contribution >= 0.6 is 0 Å². The average Bonchev–Trinajstić information content (AvgIpc) is 2.37. The SMILES string of the molecule is CCOC(=O)N1CCC(NC(C)CCC(C)C)CC1. The summed E-state index contributed by atoms with van der Waals surface area (Å²) in [6.45, 7) is 10.7. The molecule has 0 aliphatic carbocycles. The molecule has 0 aromatic carbocycles. The number of nitrogens with zero attached hydrogens (tertiary/aromatic N) is 1. The van der Waals surface area contributed by atoms with Gasteiger partial charge in [0.05, 0.1) is 6.61 Å². The van der Waals surface area contributed by atoms with Gasteiger partial charge < -0.3 is 15.0 Å². The van der Waals surface area contributed by atoms with Gasteiger partial charge in [0.2, 0.25) is 0 Å². The monoisotopic (exact) mass is 270 g/mol. The van der Waals surface area contributed by atoms with Gasteiger partial charge in [-0.3, -0.25) is 0 Å². The van der Waals surface area contributed by atoms with Crippen molar-refractivity contribution in [3.8, 4) is 0 Å². The summed E-state index contributed by atoms with van der Waals surface area (Å²) in [4.78, 5) is 13.4. The minimum Gasteiger partial charge on any atom is -0.450 e. The first-order chi connectivity index (χ1) is 9.02. The van der Waals surface area contributed by atoms with E-state index in [-0.39, 0.29) is 6.09 Å². The first-order valence-electron chi connectivity index (χ1n) is 7.70. The van der Waals surface area contributed by atoms with E-state index in [0.29, 0.717) is 18.7 Å². The summed E-state index contributed by atoms with van der Waals surface area (Å²) in [6.07, 6.45) is 4.41. The van der Waals surface area contributed by atoms with Gasteiger partial charge in [0, 0.05) is 25.2 Å². The van der Waals surface area contributed by atoms with Crippen LogP contribution < -0.4 is 5.32 Å². The van der Waals surface area contributed by atoms with Crippen molar-refractivity contribution in [3.63, 3.8) is 0 Å². The molecule has 1 amide bonds. The van der Waals surface area contributed by atoms with Crippen molar-refractivity contribution in [3.05, 3.63) is 0 Å². The molecule has 0 saturated carbocycles. The molecule has 1 atom stereocenters. The third-order valence-corrected chi connectivity index (χ3v) is 3.72. The van der Waals surface area contributed by atoms with Gasteiger partial charge in [0.15, 0.2) is 0 Å². The summed E-state index contributed by atoms with van der Waals surface area (Å²) < 4.78 is 5.03. The lowest BCUT2D eigenvalue weighted by molar-refractivity contribution is 0.0942. The van der Waals surface area contributed by atoms with Gasteiger partial charge >= 0.3 is 6.09 Å². The van der Waals surface area contributed by atoms with Crippen molar-refractivity contribution >= 4 is 6.09 Å². The molecule has 0 bridgehead atoms. The number of likely N-dealkylation sites (tertiary alicyclic amines) is 1. The fraction of sp³-hybridized carbons (Fsp3) is 0.933. The maximum atomic E-state index is 11.6. The molecule has 1 heterocycles. The van der Waals surface area contributed by atoms with E-state index in [4.69, 9.17) is 4.74 Å². The van der Waals surface area contributed by atoms with Gasteiger partial charge in [-0.05, 0) is 45.4 Å². The second-order valence-corrected chi connectivity index (χ2v) is 6.00. The van der Waals surface area contributed by atoms with Crippen molar-refractivity contribution in [2.75, 3.05) is 19.7 Å². The number of piperidine rings is 1. The summed E-state index contributed by atoms with van der Waals surface area (Å²) in [5.41, 5.74) is 0. The molecule has 112 valence electrons. The minimum absolute atomic E-state index is 0.159. The summed E-state index contributed by atoms with van der Waals surface area (Å²) in [5, 5.41) is 3.69. The molecule has 1 unspecified atom stereocenters. The highest BCUT2D eigenvalue weighted by Crippen LogP contribution is 2.14. The summed E-state index contributed by atoms with van der Waals surface area (Å²) in [5.74, 6) is 0.773. The third kappa shape index (κ3) is 6.28. The quantitative estimate of drug-likeness (QED) is 0.806. The van der Waals surface area contributed by atoms with Crippen LogP contribution in [-0.4, -0.2) is 42.8 Å². The highest BCUT2D eigenvalue weighted by atomic mass is 16.6. The maximum Gasteiger partial charge on any atom is 0.409 e. The number of hydrogen-bond donors (Lipinski definition) is 1. The Balaban J connectivity index is 2.20. The minimum atomic E-state index is -0.159. The number of hydrogen-bond acceptors (Lipinski definition) is 3. The first-order valence-corrected chi connectivity index (χ1v) is 7.70. The number of ether oxygens (including phenoxy) is 1. The van der Waals surface area contributed by atoms with Crippen molar-refractivity contribution in [2.24, 2.45) is 5.92 Å². The Bertz CT molecular complexity index is 261. The van der Waals surface area contributed by atoms with E-state index >= 15 is 0 Å². The van der Waals surface area contributed by atoms with Crippen molar-refractivity contribution in [1.82, 2.24) is 10.2 Å². The standard InChI is InChI=1S/C15H30N2O2/c1-5-19-15(18)17-10-8-14(9-11-17)16-13(4)7-6-12(2)3/h12-14,16H,5-11H2,1-4H3. The number of amides is 1. The van der Waals surface area contributed by atoms with Crippen LogP contribution in [0.5, 0.6) is 0 Å². The van der Waals surface area contributed by atoms with Gasteiger partial charge in [-0.1, -0.05) is 13.8 Å². The number of nitrogens with one attached hydrogen (secondary N) is 1. The lowest BCUT2D eigenvalue weighted by Crippen LogP contribution is -2.47. The van der Waals surface area contributed by atoms with Crippen LogP contribution in [-0.2, 0) is 4.74 Å². The van der Waals surface area contributed by atoms with Gasteiger partial charge in [-0.15, -0.1) is 0 Å². The molecule has 0 aromatic rings. The zero-order valence-corrected chi connectivity index (χ0v) is 12.9. The van der Waals surface area contributed by atoms with Gasteiger partial charge in [0.25, 0.3) is 0 Å². The van der Waals surface area contributed by atoms with E-state index in [0.717, 1.165) is 31.8 Å². The first kappa shape index (κ1) is 16.3. The van der Waals surface area contributed by atoms with Crippen LogP contribution in [0.2, 0.25) is 0 Å². The lowest BCUT2D eigenvalue weighted by atomic mass is 10.0. The van der Waals surface area contributed by atoms with Crippen LogP contribution in [0, 0.1) is 5.92 Å². The largest absolute Gasteiger partial charge is 0.450 e. The van der Waals surface area contributed by atoms with Gasteiger partial charge in [-0.25, -0.2) is 4.79 Å². The maximum absolute atomic E-state index is 11.6. The van der Waals surface area contributed by atoms with E-state index in [1.54, 1.807) is 0 Å². The zero-order valence-electron chi connectivity index (χ0n) is 12.9. The molecular formula is C15H30N2O2. The molecule has 1 rings (SSSR count). The predicted molar refractivity (Wildman–Crippen MR) is 78.3 cm³/mol. The highest BCUT2D eigenvalue weighted by molar-refractivity contribution is 5.67. The molecular weight excluding hydrogens is 240 g/mol. The topological polar surface area (TPSA) is 41.6 Å². The average molecular weight is 270 g/mol. The molecule has 4 nitrogen and oxygen atoms in total. The van der Waals surface area contributed by atoms with E-state index in [2.05, 4.69) is 26.1 Å². The fourth-order valence-electron chi connectivity index (χ4n) is 2.51. The van der Waals surface area contributed by atoms with Crippen molar-refractivity contribution < 1.29 is 9.53 Å². The Morgan fingerprint density at radius 3 is 2.42 bits per heavy atom. The normalized spacial score (nSPS) is 18.7. The lowest BCUT2D eigenvalue weighted by Gasteiger charge is -2.33. The Morgan fingerprint density at radius 1 is 1.26 bits per heavy atom. The summed E-state index contributed by atoms with van der Waals surface area (Å²) in [6, 6.07) is 1.12. The molecule has 1 fully saturated rings. The third-order valence-electron chi connectivity index (χ3n) is 3.72. The predicted octanol–water partition coefficient (Wildman–Crippen LogP) is 3.02. The molecule has 1 aliphatic rings. The molecule has 1 saturated heterocycles. The number of rotatable bonds is 6. The second-order valence-electron chi connectivity index (χ2n) is 6.00. The molecule has 1 N–H and O–H groups in total. The zero-order chi connectivity index (χ0) is 14.3. The Kier molecular flexibility index (Phi) is 7.21. The van der Waals surface area contributed by atoms with Crippen LogP contribution in [0.25, 0.3) is 0 Å². The molecule has 19 heavy (non-hydrogen) atoms. The Morgan fingerprint density at radius 2 is 1.89 bits per heavy atom. The molecule has 0 radical (unpaired) electrons. The van der Waals surface area contributed by atoms with E-state index in [1.165, 1.54) is 12.8 Å². The van der Waals surface area contributed by atoms with Gasteiger partial charge in [-0.2, -0.15) is 0 Å². The Labute approximate surface area is 117 Å². The van der Waals surface area contributed by atoms with E-state index < -0.39 is 0 Å². The molecule has 1 aliphatic heterocycles.